The van der Waals surface area contributed by atoms with Gasteiger partial charge >= 0.3 is 0 Å². The zero-order valence-electron chi connectivity index (χ0n) is 30.5. The molecule has 11 aromatic rings. The Kier molecular flexibility index (Phi) is 7.56. The van der Waals surface area contributed by atoms with Crippen molar-refractivity contribution in [1.29, 1.82) is 0 Å². The quantitative estimate of drug-likeness (QED) is 0.164. The highest BCUT2D eigenvalue weighted by molar-refractivity contribution is 6.06. The summed E-state index contributed by atoms with van der Waals surface area (Å²) in [5.74, 6) is 0.928. The second-order valence-electron chi connectivity index (χ2n) is 14.5. The molecule has 0 saturated heterocycles. The Labute approximate surface area is 324 Å². The van der Waals surface area contributed by atoms with Crippen molar-refractivity contribution in [3.63, 3.8) is 0 Å². The first-order valence-electron chi connectivity index (χ1n) is 19.1. The molecule has 11 rings (SSSR count). The fraction of sp³-hybridized carbons (Fsp3) is 0.0189. The molecule has 0 atom stereocenters. The molecule has 9 aromatic carbocycles. The zero-order valence-corrected chi connectivity index (χ0v) is 30.5. The van der Waals surface area contributed by atoms with Crippen molar-refractivity contribution in [2.45, 2.75) is 6.42 Å². The number of benzene rings is 9. The van der Waals surface area contributed by atoms with Crippen LogP contribution in [-0.4, -0.2) is 0 Å². The highest BCUT2D eigenvalue weighted by Crippen LogP contribution is 2.41. The number of fused-ring (bicyclic) bond motifs is 6. The largest absolute Gasteiger partial charge is 0.461 e. The van der Waals surface area contributed by atoms with Crippen molar-refractivity contribution in [3.8, 4) is 22.3 Å². The fourth-order valence-corrected chi connectivity index (χ4v) is 8.34. The Morgan fingerprint density at radius 1 is 0.357 bits per heavy atom. The van der Waals surface area contributed by atoms with E-state index in [4.69, 9.17) is 8.83 Å². The predicted octanol–water partition coefficient (Wildman–Crippen LogP) is 15.0. The van der Waals surface area contributed by atoms with E-state index in [0.29, 0.717) is 6.42 Å². The second-order valence-corrected chi connectivity index (χ2v) is 14.5. The van der Waals surface area contributed by atoms with E-state index in [1.807, 2.05) is 12.1 Å². The Balaban J connectivity index is 0.983. The molecule has 0 spiro atoms. The molecule has 0 fully saturated rings. The van der Waals surface area contributed by atoms with Gasteiger partial charge in [-0.25, -0.2) is 0 Å². The Bertz CT molecular complexity index is 3160. The van der Waals surface area contributed by atoms with Gasteiger partial charge in [0.2, 0.25) is 0 Å². The van der Waals surface area contributed by atoms with Crippen LogP contribution in [0.5, 0.6) is 0 Å². The molecule has 0 bridgehead atoms. The van der Waals surface area contributed by atoms with Crippen molar-refractivity contribution in [2.24, 2.45) is 0 Å². The van der Waals surface area contributed by atoms with Crippen LogP contribution in [-0.2, 0) is 6.42 Å². The summed E-state index contributed by atoms with van der Waals surface area (Å²) in [5.41, 5.74) is 11.8. The molecule has 0 aliphatic carbocycles. The van der Waals surface area contributed by atoms with E-state index in [-0.39, 0.29) is 0 Å². The van der Waals surface area contributed by atoms with E-state index in [0.717, 1.165) is 66.9 Å². The standard InChI is InChI=1S/C53H35NO2/c1-2-12-40-33-52-42(30-39(40)11-1)32-45(55-52)31-41-13-4-7-18-50(41)54(44-28-29-49-48-16-6-8-19-51(48)56-53(49)34-44)43-26-24-36(25-27-43)35-20-22-38(23-21-35)47-17-9-14-37-10-3-5-15-46(37)47/h1-30,32-34H,31H2. The predicted molar refractivity (Wildman–Crippen MR) is 233 cm³/mol. The lowest BCUT2D eigenvalue weighted by atomic mass is 9.96. The number of rotatable bonds is 7. The van der Waals surface area contributed by atoms with Gasteiger partial charge in [-0.15, -0.1) is 0 Å². The highest BCUT2D eigenvalue weighted by Gasteiger charge is 2.19. The van der Waals surface area contributed by atoms with Crippen molar-refractivity contribution in [3.05, 3.63) is 212 Å². The van der Waals surface area contributed by atoms with Crippen LogP contribution < -0.4 is 4.90 Å². The number of nitrogens with zero attached hydrogens (tertiary/aromatic N) is 1. The molecule has 0 aliphatic rings. The maximum atomic E-state index is 6.51. The average Bonchev–Trinajstić information content (AvgIpc) is 3.83. The van der Waals surface area contributed by atoms with Gasteiger partial charge < -0.3 is 13.7 Å². The molecule has 3 heteroatoms. The maximum absolute atomic E-state index is 6.51. The van der Waals surface area contributed by atoms with Gasteiger partial charge in [0.15, 0.2) is 0 Å². The third kappa shape index (κ3) is 5.61. The first kappa shape index (κ1) is 32.1. The van der Waals surface area contributed by atoms with Gasteiger partial charge in [-0.1, -0.05) is 140 Å². The number of para-hydroxylation sites is 2. The number of furan rings is 2. The van der Waals surface area contributed by atoms with Crippen molar-refractivity contribution < 1.29 is 8.83 Å². The summed E-state index contributed by atoms with van der Waals surface area (Å²) in [6.45, 7) is 0. The summed E-state index contributed by atoms with van der Waals surface area (Å²) in [6, 6.07) is 71.3. The van der Waals surface area contributed by atoms with E-state index in [1.54, 1.807) is 0 Å². The summed E-state index contributed by atoms with van der Waals surface area (Å²) >= 11 is 0. The fourth-order valence-electron chi connectivity index (χ4n) is 8.34. The number of anilines is 3. The highest BCUT2D eigenvalue weighted by atomic mass is 16.3. The summed E-state index contributed by atoms with van der Waals surface area (Å²) in [6.07, 6.45) is 0.645. The number of hydrogen-bond donors (Lipinski definition) is 0. The minimum Gasteiger partial charge on any atom is -0.461 e. The van der Waals surface area contributed by atoms with Crippen LogP contribution in [0.15, 0.2) is 209 Å². The van der Waals surface area contributed by atoms with Crippen molar-refractivity contribution in [1.82, 2.24) is 0 Å². The van der Waals surface area contributed by atoms with Gasteiger partial charge in [0.1, 0.15) is 22.5 Å². The zero-order chi connectivity index (χ0) is 37.0. The van der Waals surface area contributed by atoms with Gasteiger partial charge in [0, 0.05) is 45.7 Å². The molecule has 2 aromatic heterocycles. The minimum absolute atomic E-state index is 0.645. The Morgan fingerprint density at radius 3 is 1.82 bits per heavy atom. The van der Waals surface area contributed by atoms with Crippen molar-refractivity contribution in [2.75, 3.05) is 4.90 Å². The van der Waals surface area contributed by atoms with Crippen molar-refractivity contribution >= 4 is 71.5 Å². The van der Waals surface area contributed by atoms with Gasteiger partial charge in [0.05, 0.1) is 0 Å². The lowest BCUT2D eigenvalue weighted by molar-refractivity contribution is 0.563. The normalized spacial score (nSPS) is 11.6. The monoisotopic (exact) mass is 717 g/mol. The lowest BCUT2D eigenvalue weighted by Gasteiger charge is -2.28. The maximum Gasteiger partial charge on any atom is 0.137 e. The third-order valence-electron chi connectivity index (χ3n) is 11.1. The van der Waals surface area contributed by atoms with Crippen LogP contribution in [0, 0.1) is 0 Å². The molecule has 264 valence electrons. The first-order valence-corrected chi connectivity index (χ1v) is 19.1. The smallest absolute Gasteiger partial charge is 0.137 e. The molecule has 0 N–H and O–H groups in total. The van der Waals surface area contributed by atoms with Crippen LogP contribution in [0.25, 0.3) is 76.7 Å². The van der Waals surface area contributed by atoms with E-state index in [9.17, 15) is 0 Å². The number of hydrogen-bond acceptors (Lipinski definition) is 3. The van der Waals surface area contributed by atoms with Crippen LogP contribution >= 0.6 is 0 Å². The first-order chi connectivity index (χ1) is 27.7. The van der Waals surface area contributed by atoms with E-state index < -0.39 is 0 Å². The molecule has 2 heterocycles. The van der Waals surface area contributed by atoms with Crippen LogP contribution in [0.1, 0.15) is 11.3 Å². The minimum atomic E-state index is 0.645. The Hall–Kier alpha value is -7.36. The van der Waals surface area contributed by atoms with E-state index >= 15 is 0 Å². The van der Waals surface area contributed by atoms with Crippen LogP contribution in [0.4, 0.5) is 17.1 Å². The lowest BCUT2D eigenvalue weighted by Crippen LogP contribution is -2.12. The Morgan fingerprint density at radius 2 is 0.982 bits per heavy atom. The van der Waals surface area contributed by atoms with Gasteiger partial charge in [-0.2, -0.15) is 0 Å². The SMILES string of the molecule is c1ccc(N(c2ccc(-c3ccc(-c4cccc5ccccc45)cc3)cc2)c2ccc3c(c2)oc2ccccc23)c(Cc2cc3cc4ccccc4cc3o2)c1. The molecular formula is C53H35NO2. The summed E-state index contributed by atoms with van der Waals surface area (Å²) in [7, 11) is 0. The van der Waals surface area contributed by atoms with Crippen LogP contribution in [0.3, 0.4) is 0 Å². The average molecular weight is 718 g/mol. The van der Waals surface area contributed by atoms with E-state index in [2.05, 4.69) is 193 Å². The summed E-state index contributed by atoms with van der Waals surface area (Å²) in [4.78, 5) is 2.34. The third-order valence-corrected chi connectivity index (χ3v) is 11.1. The van der Waals surface area contributed by atoms with Gasteiger partial charge in [0.25, 0.3) is 0 Å². The molecular weight excluding hydrogens is 683 g/mol. The molecule has 3 nitrogen and oxygen atoms in total. The molecule has 0 amide bonds. The molecule has 0 radical (unpaired) electrons. The topological polar surface area (TPSA) is 29.5 Å². The van der Waals surface area contributed by atoms with Gasteiger partial charge in [-0.3, -0.25) is 0 Å². The van der Waals surface area contributed by atoms with Gasteiger partial charge in [-0.05, 0) is 104 Å². The molecule has 0 aliphatic heterocycles. The second kappa shape index (κ2) is 13.2. The molecule has 56 heavy (non-hydrogen) atoms. The summed E-state index contributed by atoms with van der Waals surface area (Å²) < 4.78 is 12.9. The molecule has 0 unspecified atom stereocenters. The van der Waals surface area contributed by atoms with Crippen LogP contribution in [0.2, 0.25) is 0 Å². The summed E-state index contributed by atoms with van der Waals surface area (Å²) in [5, 5.41) is 8.25. The molecule has 0 saturated carbocycles. The van der Waals surface area contributed by atoms with E-state index in [1.165, 1.54) is 38.2 Å².